The Balaban J connectivity index is 1.70. The molecule has 0 saturated heterocycles. The maximum Gasteiger partial charge on any atom is 0.233 e. The zero-order chi connectivity index (χ0) is 19.6. The third-order valence-corrected chi connectivity index (χ3v) is 5.93. The van der Waals surface area contributed by atoms with E-state index in [1.807, 2.05) is 44.2 Å². The molecular weight excluding hydrogens is 399 g/mol. The number of amides is 1. The van der Waals surface area contributed by atoms with E-state index in [9.17, 15) is 4.79 Å². The average molecular weight is 419 g/mol. The Morgan fingerprint density at radius 1 is 1.11 bits per heavy atom. The number of benzene rings is 2. The lowest BCUT2D eigenvalue weighted by molar-refractivity contribution is -0.120. The van der Waals surface area contributed by atoms with Crippen molar-refractivity contribution in [3.05, 3.63) is 69.7 Å². The molecular formula is C21H20Cl2N2OS. The number of halogens is 2. The molecule has 3 nitrogen and oxygen atoms in total. The van der Waals surface area contributed by atoms with Crippen LogP contribution < -0.4 is 5.32 Å². The van der Waals surface area contributed by atoms with Crippen molar-refractivity contribution in [2.75, 3.05) is 0 Å². The fourth-order valence-corrected chi connectivity index (χ4v) is 4.38. The second-order valence-electron chi connectivity index (χ2n) is 6.45. The maximum atomic E-state index is 12.6. The van der Waals surface area contributed by atoms with Crippen LogP contribution in [-0.2, 0) is 4.79 Å². The highest BCUT2D eigenvalue weighted by Gasteiger charge is 2.19. The van der Waals surface area contributed by atoms with Crippen LogP contribution in [0.2, 0.25) is 10.0 Å². The molecule has 2 aromatic carbocycles. The number of hydrogen-bond donors (Lipinski definition) is 1. The van der Waals surface area contributed by atoms with Crippen molar-refractivity contribution in [3.63, 3.8) is 0 Å². The minimum Gasteiger partial charge on any atom is -0.349 e. The van der Waals surface area contributed by atoms with Gasteiger partial charge in [-0.2, -0.15) is 0 Å². The smallest absolute Gasteiger partial charge is 0.233 e. The average Bonchev–Trinajstić information content (AvgIpc) is 2.61. The molecule has 1 N–H and O–H groups in total. The van der Waals surface area contributed by atoms with Crippen LogP contribution in [0.3, 0.4) is 0 Å². The highest BCUT2D eigenvalue weighted by molar-refractivity contribution is 8.00. The second kappa shape index (κ2) is 8.51. The summed E-state index contributed by atoms with van der Waals surface area (Å²) >= 11 is 13.6. The number of nitrogens with one attached hydrogen (secondary N) is 1. The molecule has 6 heteroatoms. The number of para-hydroxylation sites is 1. The molecule has 0 aliphatic rings. The summed E-state index contributed by atoms with van der Waals surface area (Å²) in [5.41, 5.74) is 2.93. The number of aryl methyl sites for hydroxylation is 1. The van der Waals surface area contributed by atoms with Crippen molar-refractivity contribution in [1.29, 1.82) is 0 Å². The molecule has 2 atom stereocenters. The first kappa shape index (κ1) is 20.0. The standard InChI is InChI=1S/C21H20Cl2N2OS/c1-12-10-20(25-19-7-5-4-6-16(12)19)27-14(3)21(26)24-13(2)17-9-8-15(22)11-18(17)23/h4-11,13-14H,1-3H3,(H,24,26)/t13-,14-/m1/s1. The van der Waals surface area contributed by atoms with Gasteiger partial charge in [-0.15, -0.1) is 0 Å². The molecule has 0 bridgehead atoms. The van der Waals surface area contributed by atoms with Gasteiger partial charge in [0.1, 0.15) is 0 Å². The molecule has 1 amide bonds. The van der Waals surface area contributed by atoms with E-state index in [1.54, 1.807) is 12.1 Å². The van der Waals surface area contributed by atoms with E-state index in [4.69, 9.17) is 23.2 Å². The lowest BCUT2D eigenvalue weighted by Gasteiger charge is -2.19. The molecule has 0 radical (unpaired) electrons. The Labute approximate surface area is 173 Å². The Hall–Kier alpha value is -1.75. The molecule has 3 rings (SSSR count). The summed E-state index contributed by atoms with van der Waals surface area (Å²) in [7, 11) is 0. The van der Waals surface area contributed by atoms with Crippen LogP contribution in [0.25, 0.3) is 10.9 Å². The molecule has 0 aliphatic heterocycles. The molecule has 0 unspecified atom stereocenters. The number of carbonyl (C=O) groups excluding carboxylic acids is 1. The largest absolute Gasteiger partial charge is 0.349 e. The topological polar surface area (TPSA) is 42.0 Å². The number of hydrogen-bond acceptors (Lipinski definition) is 3. The third-order valence-electron chi connectivity index (χ3n) is 4.35. The molecule has 0 saturated carbocycles. The lowest BCUT2D eigenvalue weighted by atomic mass is 10.1. The first-order valence-electron chi connectivity index (χ1n) is 8.63. The third kappa shape index (κ3) is 4.75. The van der Waals surface area contributed by atoms with Gasteiger partial charge < -0.3 is 5.32 Å². The van der Waals surface area contributed by atoms with Crippen LogP contribution in [-0.4, -0.2) is 16.1 Å². The Morgan fingerprint density at radius 2 is 1.85 bits per heavy atom. The van der Waals surface area contributed by atoms with Gasteiger partial charge >= 0.3 is 0 Å². The number of thioether (sulfide) groups is 1. The molecule has 0 aliphatic carbocycles. The van der Waals surface area contributed by atoms with Crippen molar-refractivity contribution in [3.8, 4) is 0 Å². The summed E-state index contributed by atoms with van der Waals surface area (Å²) in [6, 6.07) is 15.1. The van der Waals surface area contributed by atoms with Crippen molar-refractivity contribution >= 4 is 51.8 Å². The summed E-state index contributed by atoms with van der Waals surface area (Å²) in [5, 5.41) is 5.81. The Kier molecular flexibility index (Phi) is 6.30. The van der Waals surface area contributed by atoms with Crippen LogP contribution in [0.4, 0.5) is 0 Å². The van der Waals surface area contributed by atoms with E-state index in [-0.39, 0.29) is 17.2 Å². The van der Waals surface area contributed by atoms with Gasteiger partial charge in [0.25, 0.3) is 0 Å². The minimum atomic E-state index is -0.286. The quantitative estimate of drug-likeness (QED) is 0.500. The minimum absolute atomic E-state index is 0.0638. The highest BCUT2D eigenvalue weighted by Crippen LogP contribution is 2.29. The van der Waals surface area contributed by atoms with Crippen molar-refractivity contribution in [1.82, 2.24) is 10.3 Å². The van der Waals surface area contributed by atoms with Gasteiger partial charge in [-0.1, -0.05) is 59.2 Å². The van der Waals surface area contributed by atoms with Crippen LogP contribution in [0.5, 0.6) is 0 Å². The van der Waals surface area contributed by atoms with E-state index in [1.165, 1.54) is 11.8 Å². The van der Waals surface area contributed by atoms with Crippen LogP contribution in [0.1, 0.15) is 31.0 Å². The van der Waals surface area contributed by atoms with Crippen LogP contribution in [0, 0.1) is 6.92 Å². The van der Waals surface area contributed by atoms with Crippen molar-refractivity contribution in [2.24, 2.45) is 0 Å². The molecule has 27 heavy (non-hydrogen) atoms. The molecule has 1 aromatic heterocycles. The van der Waals surface area contributed by atoms with Gasteiger partial charge in [0.15, 0.2) is 0 Å². The van der Waals surface area contributed by atoms with E-state index in [2.05, 4.69) is 23.3 Å². The van der Waals surface area contributed by atoms with Crippen LogP contribution >= 0.6 is 35.0 Å². The monoisotopic (exact) mass is 418 g/mol. The molecule has 140 valence electrons. The summed E-state index contributed by atoms with van der Waals surface area (Å²) in [5.74, 6) is -0.0638. The van der Waals surface area contributed by atoms with Gasteiger partial charge in [0.2, 0.25) is 5.91 Å². The zero-order valence-corrected chi connectivity index (χ0v) is 17.6. The van der Waals surface area contributed by atoms with Crippen molar-refractivity contribution in [2.45, 2.75) is 37.1 Å². The number of aromatic nitrogens is 1. The molecule has 3 aromatic rings. The number of rotatable bonds is 5. The normalized spacial score (nSPS) is 13.4. The van der Waals surface area contributed by atoms with Gasteiger partial charge in [-0.05, 0) is 56.2 Å². The molecule has 1 heterocycles. The summed E-state index contributed by atoms with van der Waals surface area (Å²) in [6.07, 6.45) is 0. The predicted octanol–water partition coefficient (Wildman–Crippen LogP) is 6.21. The van der Waals surface area contributed by atoms with Gasteiger partial charge in [-0.25, -0.2) is 4.98 Å². The van der Waals surface area contributed by atoms with E-state index in [0.717, 1.165) is 27.1 Å². The molecule has 0 fully saturated rings. The summed E-state index contributed by atoms with van der Waals surface area (Å²) in [4.78, 5) is 17.3. The predicted molar refractivity (Wildman–Crippen MR) is 115 cm³/mol. The fraction of sp³-hybridized carbons (Fsp3) is 0.238. The highest BCUT2D eigenvalue weighted by atomic mass is 35.5. The number of carbonyl (C=O) groups is 1. The SMILES string of the molecule is Cc1cc(S[C@H](C)C(=O)N[C@H](C)c2ccc(Cl)cc2Cl)nc2ccccc12. The lowest BCUT2D eigenvalue weighted by Crippen LogP contribution is -2.33. The van der Waals surface area contributed by atoms with E-state index in [0.29, 0.717) is 10.0 Å². The zero-order valence-electron chi connectivity index (χ0n) is 15.3. The first-order chi connectivity index (χ1) is 12.8. The van der Waals surface area contributed by atoms with E-state index < -0.39 is 0 Å². The van der Waals surface area contributed by atoms with Crippen LogP contribution in [0.15, 0.2) is 53.6 Å². The summed E-state index contributed by atoms with van der Waals surface area (Å²) < 4.78 is 0. The number of nitrogens with zero attached hydrogens (tertiary/aromatic N) is 1. The molecule has 0 spiro atoms. The number of pyridine rings is 1. The number of fused-ring (bicyclic) bond motifs is 1. The first-order valence-corrected chi connectivity index (χ1v) is 10.3. The van der Waals surface area contributed by atoms with Gasteiger partial charge in [0, 0.05) is 15.4 Å². The second-order valence-corrected chi connectivity index (χ2v) is 8.66. The Bertz CT molecular complexity index is 993. The van der Waals surface area contributed by atoms with Gasteiger partial charge in [0.05, 0.1) is 21.8 Å². The Morgan fingerprint density at radius 3 is 2.59 bits per heavy atom. The summed E-state index contributed by atoms with van der Waals surface area (Å²) in [6.45, 7) is 5.84. The van der Waals surface area contributed by atoms with E-state index >= 15 is 0 Å². The maximum absolute atomic E-state index is 12.6. The van der Waals surface area contributed by atoms with Crippen molar-refractivity contribution < 1.29 is 4.79 Å². The van der Waals surface area contributed by atoms with Gasteiger partial charge in [-0.3, -0.25) is 4.79 Å². The fourth-order valence-electron chi connectivity index (χ4n) is 2.87.